The number of aliphatic hydroxyl groups excluding tert-OH is 1. The van der Waals surface area contributed by atoms with Crippen molar-refractivity contribution in [2.45, 2.75) is 19.4 Å². The van der Waals surface area contributed by atoms with Gasteiger partial charge in [-0.05, 0) is 42.8 Å². The summed E-state index contributed by atoms with van der Waals surface area (Å²) in [5.41, 5.74) is 1.69. The number of aromatic nitrogens is 1. The first kappa shape index (κ1) is 20.5. The molecule has 6 nitrogen and oxygen atoms in total. The monoisotopic (exact) mass is 398 g/mol. The van der Waals surface area contributed by atoms with Crippen molar-refractivity contribution in [1.82, 2.24) is 9.88 Å². The van der Waals surface area contributed by atoms with E-state index in [0.717, 1.165) is 0 Å². The van der Waals surface area contributed by atoms with E-state index < -0.39 is 6.10 Å². The maximum atomic E-state index is 13.4. The average Bonchev–Trinajstić information content (AvgIpc) is 3.08. The Morgan fingerprint density at radius 2 is 2.00 bits per heavy atom. The molecule has 0 bridgehead atoms. The Balaban J connectivity index is 1.64. The Labute approximate surface area is 168 Å². The summed E-state index contributed by atoms with van der Waals surface area (Å²) < 4.78 is 24.1. The van der Waals surface area contributed by atoms with Crippen molar-refractivity contribution in [1.29, 1.82) is 0 Å². The van der Waals surface area contributed by atoms with Gasteiger partial charge < -0.3 is 19.2 Å². The van der Waals surface area contributed by atoms with E-state index >= 15 is 0 Å². The summed E-state index contributed by atoms with van der Waals surface area (Å²) in [6, 6.07) is 13.0. The van der Waals surface area contributed by atoms with Gasteiger partial charge in [-0.2, -0.15) is 0 Å². The third-order valence-corrected chi connectivity index (χ3v) is 4.66. The highest BCUT2D eigenvalue weighted by Gasteiger charge is 2.20. The Hall–Kier alpha value is -3.19. The standard InChI is InChI=1S/C22H23FN2O4/c1-14-19(24-22(29-14)16-5-4-6-17(23)11-16)12-21(27)25(2)13-20(26)15-7-9-18(28-3)10-8-15/h4-11,20,26H,12-13H2,1-3H3. The maximum Gasteiger partial charge on any atom is 0.228 e. The van der Waals surface area contributed by atoms with E-state index in [1.807, 2.05) is 0 Å². The number of oxazole rings is 1. The predicted molar refractivity (Wildman–Crippen MR) is 106 cm³/mol. The minimum atomic E-state index is -0.823. The summed E-state index contributed by atoms with van der Waals surface area (Å²) in [5, 5.41) is 10.4. The average molecular weight is 398 g/mol. The lowest BCUT2D eigenvalue weighted by Crippen LogP contribution is -2.32. The lowest BCUT2D eigenvalue weighted by Gasteiger charge is -2.21. The number of carbonyl (C=O) groups is 1. The van der Waals surface area contributed by atoms with Crippen LogP contribution in [0.1, 0.15) is 23.1 Å². The van der Waals surface area contributed by atoms with E-state index in [0.29, 0.717) is 28.3 Å². The molecule has 7 heteroatoms. The van der Waals surface area contributed by atoms with Crippen LogP contribution in [-0.2, 0) is 11.2 Å². The molecule has 1 heterocycles. The number of benzene rings is 2. The summed E-state index contributed by atoms with van der Waals surface area (Å²) >= 11 is 0. The Kier molecular flexibility index (Phi) is 6.29. The third-order valence-electron chi connectivity index (χ3n) is 4.66. The number of rotatable bonds is 7. The zero-order valence-electron chi connectivity index (χ0n) is 16.6. The van der Waals surface area contributed by atoms with E-state index in [2.05, 4.69) is 4.98 Å². The first-order chi connectivity index (χ1) is 13.9. The molecule has 152 valence electrons. The number of aryl methyl sites for hydroxylation is 1. The number of ether oxygens (including phenoxy) is 1. The quantitative estimate of drug-likeness (QED) is 0.659. The van der Waals surface area contributed by atoms with Gasteiger partial charge in [0.1, 0.15) is 17.3 Å². The van der Waals surface area contributed by atoms with Gasteiger partial charge >= 0.3 is 0 Å². The molecule has 2 aromatic carbocycles. The van der Waals surface area contributed by atoms with Gasteiger partial charge in [0.15, 0.2) is 0 Å². The lowest BCUT2D eigenvalue weighted by molar-refractivity contribution is -0.130. The molecule has 1 amide bonds. The fourth-order valence-electron chi connectivity index (χ4n) is 2.91. The number of amides is 1. The molecule has 1 aromatic heterocycles. The summed E-state index contributed by atoms with van der Waals surface area (Å²) in [7, 11) is 3.20. The molecule has 1 N–H and O–H groups in total. The second-order valence-corrected chi connectivity index (χ2v) is 6.77. The van der Waals surface area contributed by atoms with Crippen molar-refractivity contribution in [3.8, 4) is 17.2 Å². The zero-order valence-corrected chi connectivity index (χ0v) is 16.6. The van der Waals surface area contributed by atoms with Crippen LogP contribution in [0.5, 0.6) is 5.75 Å². The van der Waals surface area contributed by atoms with Crippen LogP contribution < -0.4 is 4.74 Å². The van der Waals surface area contributed by atoms with E-state index in [9.17, 15) is 14.3 Å². The van der Waals surface area contributed by atoms with Crippen LogP contribution in [0.25, 0.3) is 11.5 Å². The first-order valence-corrected chi connectivity index (χ1v) is 9.15. The molecule has 0 saturated carbocycles. The van der Waals surface area contributed by atoms with Crippen LogP contribution in [0.3, 0.4) is 0 Å². The van der Waals surface area contributed by atoms with Crippen molar-refractivity contribution in [3.63, 3.8) is 0 Å². The minimum absolute atomic E-state index is 0.0243. The minimum Gasteiger partial charge on any atom is -0.497 e. The summed E-state index contributed by atoms with van der Waals surface area (Å²) in [5.74, 6) is 0.872. The van der Waals surface area contributed by atoms with Crippen LogP contribution in [0.2, 0.25) is 0 Å². The van der Waals surface area contributed by atoms with Gasteiger partial charge in [-0.3, -0.25) is 4.79 Å². The first-order valence-electron chi connectivity index (χ1n) is 9.15. The molecule has 29 heavy (non-hydrogen) atoms. The van der Waals surface area contributed by atoms with Crippen LogP contribution >= 0.6 is 0 Å². The number of halogens is 1. The van der Waals surface area contributed by atoms with Crippen molar-refractivity contribution in [2.24, 2.45) is 0 Å². The number of hydrogen-bond donors (Lipinski definition) is 1. The second-order valence-electron chi connectivity index (χ2n) is 6.77. The molecule has 3 rings (SSSR count). The molecule has 0 aliphatic heterocycles. The SMILES string of the molecule is COc1ccc(C(O)CN(C)C(=O)Cc2nc(-c3cccc(F)c3)oc2C)cc1. The van der Waals surface area contributed by atoms with Gasteiger partial charge in [0.2, 0.25) is 11.8 Å². The van der Waals surface area contributed by atoms with Gasteiger partial charge in [0, 0.05) is 12.6 Å². The Morgan fingerprint density at radius 1 is 1.28 bits per heavy atom. The van der Waals surface area contributed by atoms with Crippen LogP contribution in [0, 0.1) is 12.7 Å². The van der Waals surface area contributed by atoms with Gasteiger partial charge in [-0.25, -0.2) is 9.37 Å². The molecule has 1 unspecified atom stereocenters. The number of carbonyl (C=O) groups excluding carboxylic acids is 1. The normalized spacial score (nSPS) is 11.9. The Bertz CT molecular complexity index is 985. The topological polar surface area (TPSA) is 75.8 Å². The number of hydrogen-bond acceptors (Lipinski definition) is 5. The van der Waals surface area contributed by atoms with Crippen molar-refractivity contribution in [2.75, 3.05) is 20.7 Å². The number of nitrogens with zero attached hydrogens (tertiary/aromatic N) is 2. The van der Waals surface area contributed by atoms with Crippen LogP contribution in [0.4, 0.5) is 4.39 Å². The zero-order chi connectivity index (χ0) is 21.0. The van der Waals surface area contributed by atoms with Gasteiger partial charge in [0.25, 0.3) is 0 Å². The highest BCUT2D eigenvalue weighted by Crippen LogP contribution is 2.23. The van der Waals surface area contributed by atoms with E-state index in [1.54, 1.807) is 57.5 Å². The maximum absolute atomic E-state index is 13.4. The fourth-order valence-corrected chi connectivity index (χ4v) is 2.91. The third kappa shape index (κ3) is 5.00. The Morgan fingerprint density at radius 3 is 2.66 bits per heavy atom. The van der Waals surface area contributed by atoms with Gasteiger partial charge in [0.05, 0.1) is 31.9 Å². The summed E-state index contributed by atoms with van der Waals surface area (Å²) in [4.78, 5) is 18.4. The van der Waals surface area contributed by atoms with Crippen LogP contribution in [-0.4, -0.2) is 41.6 Å². The van der Waals surface area contributed by atoms with E-state index in [4.69, 9.17) is 9.15 Å². The fraction of sp³-hybridized carbons (Fsp3) is 0.273. The molecule has 0 aliphatic carbocycles. The van der Waals surface area contributed by atoms with Crippen molar-refractivity contribution < 1.29 is 23.4 Å². The predicted octanol–water partition coefficient (Wildman–Crippen LogP) is 3.53. The van der Waals surface area contributed by atoms with Gasteiger partial charge in [-0.1, -0.05) is 18.2 Å². The molecule has 0 fully saturated rings. The highest BCUT2D eigenvalue weighted by molar-refractivity contribution is 5.78. The summed E-state index contributed by atoms with van der Waals surface area (Å²) in [6.07, 6.45) is -0.799. The molecule has 3 aromatic rings. The summed E-state index contributed by atoms with van der Waals surface area (Å²) in [6.45, 7) is 1.85. The molecule has 0 radical (unpaired) electrons. The second kappa shape index (κ2) is 8.87. The largest absolute Gasteiger partial charge is 0.497 e. The number of likely N-dealkylation sites (N-methyl/N-ethyl adjacent to an activating group) is 1. The van der Waals surface area contributed by atoms with E-state index in [1.165, 1.54) is 17.0 Å². The van der Waals surface area contributed by atoms with Crippen molar-refractivity contribution in [3.05, 3.63) is 71.4 Å². The molecule has 0 aliphatic rings. The number of aliphatic hydroxyl groups is 1. The van der Waals surface area contributed by atoms with E-state index in [-0.39, 0.29) is 30.6 Å². The smallest absolute Gasteiger partial charge is 0.228 e. The molecular weight excluding hydrogens is 375 g/mol. The lowest BCUT2D eigenvalue weighted by atomic mass is 10.1. The van der Waals surface area contributed by atoms with Gasteiger partial charge in [-0.15, -0.1) is 0 Å². The van der Waals surface area contributed by atoms with Crippen molar-refractivity contribution >= 4 is 5.91 Å². The molecule has 0 spiro atoms. The molecular formula is C22H23FN2O4. The molecule has 0 saturated heterocycles. The number of methoxy groups -OCH3 is 1. The molecule has 1 atom stereocenters. The van der Waals surface area contributed by atoms with Crippen LogP contribution in [0.15, 0.2) is 52.9 Å². The highest BCUT2D eigenvalue weighted by atomic mass is 19.1.